The van der Waals surface area contributed by atoms with Gasteiger partial charge < -0.3 is 4.90 Å². The summed E-state index contributed by atoms with van der Waals surface area (Å²) in [5.74, 6) is 0.669. The highest BCUT2D eigenvalue weighted by atomic mass is 16.2. The van der Waals surface area contributed by atoms with Crippen LogP contribution in [0.25, 0.3) is 0 Å². The number of amides is 1. The lowest BCUT2D eigenvalue weighted by molar-refractivity contribution is -0.117. The van der Waals surface area contributed by atoms with Gasteiger partial charge in [-0.15, -0.1) is 0 Å². The zero-order valence-corrected chi connectivity index (χ0v) is 8.23. The van der Waals surface area contributed by atoms with Crippen LogP contribution in [0.1, 0.15) is 13.3 Å². The van der Waals surface area contributed by atoms with Crippen LogP contribution in [-0.2, 0) is 4.79 Å². The van der Waals surface area contributed by atoms with Gasteiger partial charge in [0.15, 0.2) is 0 Å². The van der Waals surface area contributed by atoms with Crippen molar-refractivity contribution in [3.05, 3.63) is 24.3 Å². The van der Waals surface area contributed by atoms with E-state index in [1.807, 2.05) is 29.2 Å². The predicted molar refractivity (Wildman–Crippen MR) is 58.0 cm³/mol. The first-order valence-corrected chi connectivity index (χ1v) is 4.83. The highest BCUT2D eigenvalue weighted by Gasteiger charge is 2.27. The van der Waals surface area contributed by atoms with E-state index in [1.165, 1.54) is 0 Å². The van der Waals surface area contributed by atoms with Crippen molar-refractivity contribution in [3.63, 3.8) is 0 Å². The van der Waals surface area contributed by atoms with E-state index in [1.54, 1.807) is 0 Å². The predicted octanol–water partition coefficient (Wildman–Crippen LogP) is 0.853. The van der Waals surface area contributed by atoms with Crippen LogP contribution in [0.2, 0.25) is 0 Å². The Morgan fingerprint density at radius 1 is 1.36 bits per heavy atom. The fourth-order valence-electron chi connectivity index (χ4n) is 1.79. The summed E-state index contributed by atoms with van der Waals surface area (Å²) in [6.45, 7) is 2.91. The van der Waals surface area contributed by atoms with Gasteiger partial charge in [0, 0.05) is 18.7 Å². The van der Waals surface area contributed by atoms with E-state index in [0.717, 1.165) is 17.7 Å². The third kappa shape index (κ3) is 1.67. The molecule has 1 amide bonds. The third-order valence-corrected chi connectivity index (χ3v) is 2.52. The van der Waals surface area contributed by atoms with Crippen LogP contribution in [-0.4, -0.2) is 20.3 Å². The van der Waals surface area contributed by atoms with E-state index in [-0.39, 0.29) is 5.91 Å². The van der Waals surface area contributed by atoms with Crippen LogP contribution < -0.4 is 10.4 Å². The maximum Gasteiger partial charge on any atom is 0.227 e. The zero-order valence-electron chi connectivity index (χ0n) is 8.23. The Morgan fingerprint density at radius 2 is 2.00 bits per heavy atom. The molecule has 0 N–H and O–H groups in total. The van der Waals surface area contributed by atoms with Crippen molar-refractivity contribution < 1.29 is 4.79 Å². The second-order valence-corrected chi connectivity index (χ2v) is 3.91. The van der Waals surface area contributed by atoms with E-state index >= 15 is 0 Å². The number of benzene rings is 1. The molecule has 1 aliphatic rings. The highest BCUT2D eigenvalue weighted by molar-refractivity contribution is 6.32. The molecule has 1 unspecified atom stereocenters. The van der Waals surface area contributed by atoms with Crippen LogP contribution in [0.3, 0.4) is 0 Å². The van der Waals surface area contributed by atoms with E-state index in [9.17, 15) is 4.79 Å². The zero-order chi connectivity index (χ0) is 10.1. The minimum absolute atomic E-state index is 0.210. The smallest absolute Gasteiger partial charge is 0.227 e. The summed E-state index contributed by atoms with van der Waals surface area (Å²) in [4.78, 5) is 13.4. The summed E-state index contributed by atoms with van der Waals surface area (Å²) < 4.78 is 0. The maximum absolute atomic E-state index is 11.6. The van der Waals surface area contributed by atoms with Gasteiger partial charge in [0.05, 0.1) is 0 Å². The SMILES string of the molecule is [B]c1ccc(N2CC(C)CC2=O)cc1. The molecule has 2 nitrogen and oxygen atoms in total. The molecular formula is C11H12BNO. The van der Waals surface area contributed by atoms with Gasteiger partial charge in [0.1, 0.15) is 7.85 Å². The monoisotopic (exact) mass is 185 g/mol. The van der Waals surface area contributed by atoms with Gasteiger partial charge >= 0.3 is 0 Å². The molecule has 14 heavy (non-hydrogen) atoms. The molecule has 1 aromatic carbocycles. The van der Waals surface area contributed by atoms with E-state index in [0.29, 0.717) is 12.3 Å². The average Bonchev–Trinajstić information content (AvgIpc) is 2.47. The fourth-order valence-corrected chi connectivity index (χ4v) is 1.79. The second-order valence-electron chi connectivity index (χ2n) is 3.91. The Bertz CT molecular complexity index is 347. The lowest BCUT2D eigenvalue weighted by Crippen LogP contribution is -2.24. The van der Waals surface area contributed by atoms with Crippen molar-refractivity contribution >= 4 is 24.9 Å². The molecule has 1 aliphatic heterocycles. The number of anilines is 1. The fraction of sp³-hybridized carbons (Fsp3) is 0.364. The summed E-state index contributed by atoms with van der Waals surface area (Å²) in [5.41, 5.74) is 1.68. The number of carbonyl (C=O) groups excluding carboxylic acids is 1. The van der Waals surface area contributed by atoms with E-state index < -0.39 is 0 Å². The minimum atomic E-state index is 0.210. The van der Waals surface area contributed by atoms with Gasteiger partial charge in [-0.25, -0.2) is 0 Å². The molecule has 1 atom stereocenters. The summed E-state index contributed by atoms with van der Waals surface area (Å²) in [5, 5.41) is 0. The Morgan fingerprint density at radius 3 is 2.50 bits per heavy atom. The highest BCUT2D eigenvalue weighted by Crippen LogP contribution is 2.23. The maximum atomic E-state index is 11.6. The van der Waals surface area contributed by atoms with Crippen LogP contribution in [0.5, 0.6) is 0 Å². The number of hydrogen-bond donors (Lipinski definition) is 0. The summed E-state index contributed by atoms with van der Waals surface area (Å²) in [7, 11) is 5.58. The van der Waals surface area contributed by atoms with Gasteiger partial charge in [0.25, 0.3) is 0 Å². The van der Waals surface area contributed by atoms with Crippen molar-refractivity contribution in [1.82, 2.24) is 0 Å². The standard InChI is InChI=1S/C11H12BNO/c1-8-6-11(14)13(7-8)10-4-2-9(12)3-5-10/h2-5,8H,6-7H2,1H3. The van der Waals surface area contributed by atoms with Crippen LogP contribution in [0.15, 0.2) is 24.3 Å². The largest absolute Gasteiger partial charge is 0.312 e. The van der Waals surface area contributed by atoms with Crippen LogP contribution in [0.4, 0.5) is 5.69 Å². The molecule has 2 rings (SSSR count). The first kappa shape index (κ1) is 9.32. The minimum Gasteiger partial charge on any atom is -0.312 e. The molecule has 0 aliphatic carbocycles. The molecular weight excluding hydrogens is 173 g/mol. The second kappa shape index (κ2) is 3.48. The van der Waals surface area contributed by atoms with Crippen LogP contribution in [0, 0.1) is 5.92 Å². The molecule has 0 aromatic heterocycles. The molecule has 1 fully saturated rings. The van der Waals surface area contributed by atoms with Crippen molar-refractivity contribution in [2.75, 3.05) is 11.4 Å². The molecule has 0 saturated carbocycles. The molecule has 1 heterocycles. The molecule has 1 aromatic rings. The number of nitrogens with zero attached hydrogens (tertiary/aromatic N) is 1. The topological polar surface area (TPSA) is 20.3 Å². The summed E-state index contributed by atoms with van der Waals surface area (Å²) in [6.07, 6.45) is 0.657. The Labute approximate surface area is 85.3 Å². The lowest BCUT2D eigenvalue weighted by Gasteiger charge is -2.16. The average molecular weight is 185 g/mol. The molecule has 70 valence electrons. The quantitative estimate of drug-likeness (QED) is 0.594. The van der Waals surface area contributed by atoms with Gasteiger partial charge in [-0.2, -0.15) is 0 Å². The molecule has 0 bridgehead atoms. The summed E-state index contributed by atoms with van der Waals surface area (Å²) >= 11 is 0. The number of hydrogen-bond acceptors (Lipinski definition) is 1. The van der Waals surface area contributed by atoms with Crippen molar-refractivity contribution in [2.45, 2.75) is 13.3 Å². The first-order chi connectivity index (χ1) is 6.66. The van der Waals surface area contributed by atoms with Crippen molar-refractivity contribution in [2.24, 2.45) is 5.92 Å². The number of rotatable bonds is 1. The van der Waals surface area contributed by atoms with Gasteiger partial charge in [-0.3, -0.25) is 4.79 Å². The van der Waals surface area contributed by atoms with Crippen LogP contribution >= 0.6 is 0 Å². The Balaban J connectivity index is 2.23. The normalized spacial score (nSPS) is 21.6. The van der Waals surface area contributed by atoms with Gasteiger partial charge in [0.2, 0.25) is 5.91 Å². The first-order valence-electron chi connectivity index (χ1n) is 4.83. The summed E-state index contributed by atoms with van der Waals surface area (Å²) in [6, 6.07) is 7.44. The Kier molecular flexibility index (Phi) is 2.32. The van der Waals surface area contributed by atoms with E-state index in [4.69, 9.17) is 7.85 Å². The van der Waals surface area contributed by atoms with Gasteiger partial charge in [-0.05, 0) is 18.1 Å². The van der Waals surface area contributed by atoms with Gasteiger partial charge in [-0.1, -0.05) is 24.5 Å². The molecule has 3 heteroatoms. The van der Waals surface area contributed by atoms with E-state index in [2.05, 4.69) is 6.92 Å². The lowest BCUT2D eigenvalue weighted by atomic mass is 9.96. The molecule has 2 radical (unpaired) electrons. The third-order valence-electron chi connectivity index (χ3n) is 2.52. The molecule has 0 spiro atoms. The van der Waals surface area contributed by atoms with Crippen molar-refractivity contribution in [3.8, 4) is 0 Å². The van der Waals surface area contributed by atoms with Crippen molar-refractivity contribution in [1.29, 1.82) is 0 Å². The molecule has 1 saturated heterocycles. The number of carbonyl (C=O) groups is 1. The Hall–Kier alpha value is -1.25.